The summed E-state index contributed by atoms with van der Waals surface area (Å²) >= 11 is 0. The summed E-state index contributed by atoms with van der Waals surface area (Å²) in [6.45, 7) is 2.91. The number of hydrogen-bond acceptors (Lipinski definition) is 3. The minimum atomic E-state index is -4.31. The Kier molecular flexibility index (Phi) is 3.14. The highest BCUT2D eigenvalue weighted by Gasteiger charge is 2.36. The molecule has 1 heterocycles. The molecule has 0 saturated carbocycles. The first-order chi connectivity index (χ1) is 8.40. The third-order valence-corrected chi connectivity index (χ3v) is 3.35. The predicted octanol–water partition coefficient (Wildman–Crippen LogP) is 2.27. The number of halogens is 3. The molecule has 2 rings (SSSR count). The highest BCUT2D eigenvalue weighted by Crippen LogP contribution is 2.42. The van der Waals surface area contributed by atoms with Crippen molar-refractivity contribution in [1.82, 2.24) is 0 Å². The van der Waals surface area contributed by atoms with Crippen molar-refractivity contribution in [2.45, 2.75) is 19.3 Å². The maximum absolute atomic E-state index is 12.7. The molecule has 1 aliphatic rings. The van der Waals surface area contributed by atoms with E-state index in [9.17, 15) is 13.2 Å². The summed E-state index contributed by atoms with van der Waals surface area (Å²) in [6.07, 6.45) is -4.39. The van der Waals surface area contributed by atoms with Gasteiger partial charge in [0.1, 0.15) is 6.17 Å². The molecule has 0 amide bonds. The molecule has 0 radical (unpaired) electrons. The monoisotopic (exact) mass is 259 g/mol. The smallest absolute Gasteiger partial charge is 0.351 e. The Morgan fingerprint density at radius 1 is 1.28 bits per heavy atom. The minimum absolute atomic E-state index is 0.0755. The first kappa shape index (κ1) is 13.0. The molecule has 2 N–H and O–H groups in total. The van der Waals surface area contributed by atoms with Crippen LogP contribution in [0.1, 0.15) is 12.5 Å². The quantitative estimate of drug-likeness (QED) is 0.884. The second-order valence-electron chi connectivity index (χ2n) is 4.31. The normalized spacial score (nSPS) is 19.3. The molecule has 3 nitrogen and oxygen atoms in total. The molecule has 0 aromatic heterocycles. The summed E-state index contributed by atoms with van der Waals surface area (Å²) in [5.74, 6) is 0. The van der Waals surface area contributed by atoms with Gasteiger partial charge >= 0.3 is 6.18 Å². The number of fused-ring (bicyclic) bond motifs is 1. The molecule has 1 aromatic rings. The van der Waals surface area contributed by atoms with Crippen LogP contribution in [0.15, 0.2) is 18.2 Å². The maximum atomic E-state index is 12.7. The van der Waals surface area contributed by atoms with E-state index in [0.29, 0.717) is 18.8 Å². The first-order valence-corrected chi connectivity index (χ1v) is 5.81. The molecule has 18 heavy (non-hydrogen) atoms. The third kappa shape index (κ3) is 1.90. The van der Waals surface area contributed by atoms with Gasteiger partial charge in [-0.3, -0.25) is 0 Å². The van der Waals surface area contributed by atoms with Crippen molar-refractivity contribution in [2.24, 2.45) is 5.73 Å². The summed E-state index contributed by atoms with van der Waals surface area (Å²) in [4.78, 5) is 3.81. The van der Waals surface area contributed by atoms with E-state index in [2.05, 4.69) is 0 Å². The second-order valence-corrected chi connectivity index (χ2v) is 4.31. The molecule has 0 spiro atoms. The summed E-state index contributed by atoms with van der Waals surface area (Å²) in [6, 6.07) is 3.82. The fourth-order valence-corrected chi connectivity index (χ4v) is 2.42. The van der Waals surface area contributed by atoms with E-state index in [1.54, 1.807) is 0 Å². The van der Waals surface area contributed by atoms with E-state index in [1.165, 1.54) is 12.1 Å². The van der Waals surface area contributed by atoms with Crippen LogP contribution in [0.5, 0.6) is 0 Å². The Labute approximate surface area is 104 Å². The highest BCUT2D eigenvalue weighted by molar-refractivity contribution is 5.78. The summed E-state index contributed by atoms with van der Waals surface area (Å²) in [5, 5.41) is 0. The van der Waals surface area contributed by atoms with Crippen LogP contribution < -0.4 is 15.5 Å². The van der Waals surface area contributed by atoms with Gasteiger partial charge < -0.3 is 15.5 Å². The van der Waals surface area contributed by atoms with Gasteiger partial charge in [-0.2, -0.15) is 13.2 Å². The lowest BCUT2D eigenvalue weighted by atomic mass is 10.1. The number of nitrogens with zero attached hydrogens (tertiary/aromatic N) is 2. The van der Waals surface area contributed by atoms with Crippen LogP contribution in [-0.4, -0.2) is 26.3 Å². The van der Waals surface area contributed by atoms with Crippen molar-refractivity contribution in [2.75, 3.05) is 29.9 Å². The van der Waals surface area contributed by atoms with Crippen LogP contribution in [0.25, 0.3) is 0 Å². The predicted molar refractivity (Wildman–Crippen MR) is 65.7 cm³/mol. The molecule has 1 atom stereocenters. The molecule has 0 aliphatic carbocycles. The Morgan fingerprint density at radius 2 is 1.94 bits per heavy atom. The van der Waals surface area contributed by atoms with Crippen molar-refractivity contribution in [1.29, 1.82) is 0 Å². The van der Waals surface area contributed by atoms with Crippen LogP contribution >= 0.6 is 0 Å². The average Bonchev–Trinajstić information content (AvgIpc) is 2.60. The van der Waals surface area contributed by atoms with Crippen LogP contribution in [0.4, 0.5) is 24.5 Å². The van der Waals surface area contributed by atoms with Crippen molar-refractivity contribution < 1.29 is 13.2 Å². The van der Waals surface area contributed by atoms with Gasteiger partial charge in [-0.1, -0.05) is 0 Å². The average molecular weight is 259 g/mol. The van der Waals surface area contributed by atoms with Crippen LogP contribution in [0, 0.1) is 0 Å². The number of hydrogen-bond donors (Lipinski definition) is 1. The maximum Gasteiger partial charge on any atom is 0.416 e. The summed E-state index contributed by atoms with van der Waals surface area (Å²) in [5.41, 5.74) is 6.46. The molecule has 6 heteroatoms. The van der Waals surface area contributed by atoms with Gasteiger partial charge in [0.2, 0.25) is 0 Å². The summed E-state index contributed by atoms with van der Waals surface area (Å²) in [7, 11) is 1.85. The fraction of sp³-hybridized carbons (Fsp3) is 0.500. The SMILES string of the molecule is CCN1c2cc(C(F)(F)F)ccc2N(C)C1CN. The van der Waals surface area contributed by atoms with Crippen molar-refractivity contribution in [3.8, 4) is 0 Å². The van der Waals surface area contributed by atoms with E-state index in [4.69, 9.17) is 5.73 Å². The number of likely N-dealkylation sites (N-methyl/N-ethyl adjacent to an activating group) is 2. The molecule has 1 aromatic carbocycles. The first-order valence-electron chi connectivity index (χ1n) is 5.81. The largest absolute Gasteiger partial charge is 0.416 e. The molecule has 100 valence electrons. The van der Waals surface area contributed by atoms with E-state index in [-0.39, 0.29) is 6.17 Å². The van der Waals surface area contributed by atoms with Crippen LogP contribution in [0.3, 0.4) is 0 Å². The number of anilines is 2. The fourth-order valence-electron chi connectivity index (χ4n) is 2.42. The zero-order valence-corrected chi connectivity index (χ0v) is 10.3. The van der Waals surface area contributed by atoms with Crippen LogP contribution in [0.2, 0.25) is 0 Å². The van der Waals surface area contributed by atoms with E-state index >= 15 is 0 Å². The van der Waals surface area contributed by atoms with Gasteiger partial charge in [0.25, 0.3) is 0 Å². The van der Waals surface area contributed by atoms with Crippen LogP contribution in [-0.2, 0) is 6.18 Å². The summed E-state index contributed by atoms with van der Waals surface area (Å²) < 4.78 is 38.1. The van der Waals surface area contributed by atoms with Crippen molar-refractivity contribution >= 4 is 11.4 Å². The Bertz CT molecular complexity index is 445. The molecule has 0 fully saturated rings. The van der Waals surface area contributed by atoms with E-state index < -0.39 is 11.7 Å². The zero-order chi connectivity index (χ0) is 13.5. The van der Waals surface area contributed by atoms with Gasteiger partial charge in [0, 0.05) is 20.1 Å². The molecular weight excluding hydrogens is 243 g/mol. The number of rotatable bonds is 2. The standard InChI is InChI=1S/C12H16F3N3/c1-3-18-10-6-8(12(13,14)15)4-5-9(10)17(2)11(18)7-16/h4-6,11H,3,7,16H2,1-2H3. The van der Waals surface area contributed by atoms with Gasteiger partial charge in [-0.05, 0) is 25.1 Å². The molecule has 1 unspecified atom stereocenters. The minimum Gasteiger partial charge on any atom is -0.351 e. The molecular formula is C12H16F3N3. The number of nitrogens with two attached hydrogens (primary N) is 1. The Balaban J connectivity index is 2.48. The van der Waals surface area contributed by atoms with E-state index in [0.717, 1.165) is 11.8 Å². The van der Waals surface area contributed by atoms with Gasteiger partial charge in [-0.15, -0.1) is 0 Å². The number of alkyl halides is 3. The third-order valence-electron chi connectivity index (χ3n) is 3.35. The van der Waals surface area contributed by atoms with Crippen molar-refractivity contribution in [3.05, 3.63) is 23.8 Å². The lowest BCUT2D eigenvalue weighted by molar-refractivity contribution is -0.137. The van der Waals surface area contributed by atoms with Gasteiger partial charge in [0.15, 0.2) is 0 Å². The lowest BCUT2D eigenvalue weighted by Crippen LogP contribution is -2.46. The molecule has 0 saturated heterocycles. The Hall–Kier alpha value is -1.43. The number of benzene rings is 1. The Morgan fingerprint density at radius 3 is 2.44 bits per heavy atom. The van der Waals surface area contributed by atoms with Crippen molar-refractivity contribution in [3.63, 3.8) is 0 Å². The molecule has 0 bridgehead atoms. The van der Waals surface area contributed by atoms with Gasteiger partial charge in [-0.25, -0.2) is 0 Å². The van der Waals surface area contributed by atoms with Gasteiger partial charge in [0.05, 0.1) is 16.9 Å². The highest BCUT2D eigenvalue weighted by atomic mass is 19.4. The zero-order valence-electron chi connectivity index (χ0n) is 10.3. The molecule has 1 aliphatic heterocycles. The topological polar surface area (TPSA) is 32.5 Å². The van der Waals surface area contributed by atoms with E-state index in [1.807, 2.05) is 23.8 Å². The lowest BCUT2D eigenvalue weighted by Gasteiger charge is -2.28. The second kappa shape index (κ2) is 4.35.